The van der Waals surface area contributed by atoms with Gasteiger partial charge in [-0.1, -0.05) is 12.8 Å². The summed E-state index contributed by atoms with van der Waals surface area (Å²) in [5.74, 6) is -1.98. The first-order chi connectivity index (χ1) is 9.18. The Morgan fingerprint density at radius 2 is 1.89 bits per heavy atom. The van der Waals surface area contributed by atoms with Gasteiger partial charge in [0.15, 0.2) is 0 Å². The zero-order chi connectivity index (χ0) is 13.7. The van der Waals surface area contributed by atoms with Gasteiger partial charge in [-0.2, -0.15) is 0 Å². The summed E-state index contributed by atoms with van der Waals surface area (Å²) in [4.78, 5) is 23.2. The van der Waals surface area contributed by atoms with Gasteiger partial charge in [0.2, 0.25) is 5.91 Å². The largest absolute Gasteiger partial charge is 0.481 e. The highest BCUT2D eigenvalue weighted by Crippen LogP contribution is 2.30. The van der Waals surface area contributed by atoms with Crippen LogP contribution in [0, 0.1) is 11.8 Å². The first-order valence-electron chi connectivity index (χ1n) is 6.88. The van der Waals surface area contributed by atoms with Crippen LogP contribution >= 0.6 is 0 Å². The average molecular weight is 271 g/mol. The molecular weight excluding hydrogens is 250 g/mol. The first kappa shape index (κ1) is 14.3. The van der Waals surface area contributed by atoms with Gasteiger partial charge in [0.05, 0.1) is 37.8 Å². The molecule has 0 radical (unpaired) electrons. The highest BCUT2D eigenvalue weighted by molar-refractivity contribution is 5.84. The fourth-order valence-corrected chi connectivity index (χ4v) is 2.74. The molecule has 3 atom stereocenters. The van der Waals surface area contributed by atoms with Gasteiger partial charge >= 0.3 is 5.97 Å². The summed E-state index contributed by atoms with van der Waals surface area (Å²) in [5, 5.41) is 11.9. The van der Waals surface area contributed by atoms with Crippen LogP contribution in [0.4, 0.5) is 0 Å². The number of hydrogen-bond donors (Lipinski definition) is 2. The maximum absolute atomic E-state index is 12.1. The summed E-state index contributed by atoms with van der Waals surface area (Å²) in [6.45, 7) is 2.00. The standard InChI is InChI=1S/C13H21NO5/c15-12(14-7-9-8-18-5-6-19-9)10-3-1-2-4-11(10)13(16)17/h9-11H,1-8H2,(H,14,15)(H,16,17)/t9?,10-,11+/m1/s1. The molecule has 108 valence electrons. The van der Waals surface area contributed by atoms with E-state index in [-0.39, 0.29) is 12.0 Å². The molecule has 19 heavy (non-hydrogen) atoms. The Morgan fingerprint density at radius 1 is 1.16 bits per heavy atom. The normalized spacial score (nSPS) is 31.7. The quantitative estimate of drug-likeness (QED) is 0.773. The molecule has 1 heterocycles. The van der Waals surface area contributed by atoms with Crippen LogP contribution in [0.15, 0.2) is 0 Å². The van der Waals surface area contributed by atoms with Crippen molar-refractivity contribution in [3.05, 3.63) is 0 Å². The van der Waals surface area contributed by atoms with Crippen LogP contribution in [-0.4, -0.2) is 49.5 Å². The van der Waals surface area contributed by atoms with Gasteiger partial charge in [-0.15, -0.1) is 0 Å². The Labute approximate surface area is 112 Å². The van der Waals surface area contributed by atoms with E-state index >= 15 is 0 Å². The Hall–Kier alpha value is -1.14. The maximum atomic E-state index is 12.1. The molecule has 6 nitrogen and oxygen atoms in total. The molecule has 2 N–H and O–H groups in total. The third-order valence-corrected chi connectivity index (χ3v) is 3.81. The summed E-state index contributed by atoms with van der Waals surface area (Å²) in [5.41, 5.74) is 0. The summed E-state index contributed by atoms with van der Waals surface area (Å²) >= 11 is 0. The second-order valence-corrected chi connectivity index (χ2v) is 5.15. The van der Waals surface area contributed by atoms with Crippen molar-refractivity contribution in [2.24, 2.45) is 11.8 Å². The van der Waals surface area contributed by atoms with Gasteiger partial charge in [0, 0.05) is 6.54 Å². The van der Waals surface area contributed by atoms with Gasteiger partial charge in [-0.3, -0.25) is 9.59 Å². The maximum Gasteiger partial charge on any atom is 0.307 e. The van der Waals surface area contributed by atoms with E-state index in [1.807, 2.05) is 0 Å². The van der Waals surface area contributed by atoms with Crippen LogP contribution in [0.25, 0.3) is 0 Å². The molecule has 0 spiro atoms. The minimum Gasteiger partial charge on any atom is -0.481 e. The number of carbonyl (C=O) groups is 2. The second kappa shape index (κ2) is 6.86. The highest BCUT2D eigenvalue weighted by atomic mass is 16.6. The van der Waals surface area contributed by atoms with Crippen molar-refractivity contribution in [1.82, 2.24) is 5.32 Å². The van der Waals surface area contributed by atoms with E-state index in [2.05, 4.69) is 5.32 Å². The number of carboxylic acids is 1. The van der Waals surface area contributed by atoms with Crippen molar-refractivity contribution >= 4 is 11.9 Å². The fourth-order valence-electron chi connectivity index (χ4n) is 2.74. The molecule has 1 saturated heterocycles. The Bertz CT molecular complexity index is 327. The Kier molecular flexibility index (Phi) is 5.15. The van der Waals surface area contributed by atoms with Crippen LogP contribution in [0.3, 0.4) is 0 Å². The molecule has 2 fully saturated rings. The molecule has 1 aliphatic carbocycles. The molecule has 1 saturated carbocycles. The molecule has 0 bridgehead atoms. The van der Waals surface area contributed by atoms with Gasteiger partial charge < -0.3 is 19.9 Å². The lowest BCUT2D eigenvalue weighted by molar-refractivity contribution is -0.149. The number of carbonyl (C=O) groups excluding carboxylic acids is 1. The molecule has 2 rings (SSSR count). The zero-order valence-electron chi connectivity index (χ0n) is 11.0. The third-order valence-electron chi connectivity index (χ3n) is 3.81. The zero-order valence-corrected chi connectivity index (χ0v) is 11.0. The highest BCUT2D eigenvalue weighted by Gasteiger charge is 2.35. The van der Waals surface area contributed by atoms with Crippen LogP contribution < -0.4 is 5.32 Å². The number of amides is 1. The fraction of sp³-hybridized carbons (Fsp3) is 0.846. The SMILES string of the molecule is O=C(O)[C@H]1CCCC[C@H]1C(=O)NCC1COCCO1. The summed E-state index contributed by atoms with van der Waals surface area (Å²) in [7, 11) is 0. The van der Waals surface area contributed by atoms with E-state index in [0.29, 0.717) is 39.2 Å². The van der Waals surface area contributed by atoms with Crippen molar-refractivity contribution in [3.8, 4) is 0 Å². The van der Waals surface area contributed by atoms with Crippen molar-refractivity contribution in [2.45, 2.75) is 31.8 Å². The molecule has 1 amide bonds. The predicted octanol–water partition coefficient (Wildman–Crippen LogP) is 0.409. The molecule has 0 aromatic carbocycles. The molecule has 2 aliphatic rings. The van der Waals surface area contributed by atoms with Gasteiger partial charge in [0.25, 0.3) is 0 Å². The van der Waals surface area contributed by atoms with Crippen LogP contribution in [-0.2, 0) is 19.1 Å². The predicted molar refractivity (Wildman–Crippen MR) is 66.7 cm³/mol. The second-order valence-electron chi connectivity index (χ2n) is 5.15. The number of aliphatic carboxylic acids is 1. The molecule has 1 aliphatic heterocycles. The summed E-state index contributed by atoms with van der Waals surface area (Å²) in [6, 6.07) is 0. The van der Waals surface area contributed by atoms with E-state index in [9.17, 15) is 9.59 Å². The van der Waals surface area contributed by atoms with Crippen LogP contribution in [0.1, 0.15) is 25.7 Å². The van der Waals surface area contributed by atoms with Crippen molar-refractivity contribution in [3.63, 3.8) is 0 Å². The van der Waals surface area contributed by atoms with Crippen molar-refractivity contribution in [1.29, 1.82) is 0 Å². The van der Waals surface area contributed by atoms with E-state index in [1.165, 1.54) is 0 Å². The summed E-state index contributed by atoms with van der Waals surface area (Å²) in [6.07, 6.45) is 2.94. The number of ether oxygens (including phenoxy) is 2. The Morgan fingerprint density at radius 3 is 2.53 bits per heavy atom. The van der Waals surface area contributed by atoms with Crippen molar-refractivity contribution in [2.75, 3.05) is 26.4 Å². The average Bonchev–Trinajstić information content (AvgIpc) is 2.46. The van der Waals surface area contributed by atoms with Gasteiger partial charge in [0.1, 0.15) is 0 Å². The molecular formula is C13H21NO5. The van der Waals surface area contributed by atoms with E-state index in [0.717, 1.165) is 12.8 Å². The number of rotatable bonds is 4. The lowest BCUT2D eigenvalue weighted by atomic mass is 9.78. The molecule has 1 unspecified atom stereocenters. The topological polar surface area (TPSA) is 84.9 Å². The smallest absolute Gasteiger partial charge is 0.307 e. The minimum atomic E-state index is -0.864. The first-order valence-corrected chi connectivity index (χ1v) is 6.88. The number of hydrogen-bond acceptors (Lipinski definition) is 4. The minimum absolute atomic E-state index is 0.121. The number of carboxylic acid groups (broad SMARTS) is 1. The van der Waals surface area contributed by atoms with E-state index < -0.39 is 17.8 Å². The molecule has 0 aromatic rings. The van der Waals surface area contributed by atoms with Crippen molar-refractivity contribution < 1.29 is 24.2 Å². The van der Waals surface area contributed by atoms with Crippen LogP contribution in [0.5, 0.6) is 0 Å². The molecule has 6 heteroatoms. The van der Waals surface area contributed by atoms with E-state index in [1.54, 1.807) is 0 Å². The van der Waals surface area contributed by atoms with Gasteiger partial charge in [-0.05, 0) is 12.8 Å². The van der Waals surface area contributed by atoms with E-state index in [4.69, 9.17) is 14.6 Å². The number of nitrogens with one attached hydrogen (secondary N) is 1. The summed E-state index contributed by atoms with van der Waals surface area (Å²) < 4.78 is 10.7. The van der Waals surface area contributed by atoms with Gasteiger partial charge in [-0.25, -0.2) is 0 Å². The monoisotopic (exact) mass is 271 g/mol. The lowest BCUT2D eigenvalue weighted by Crippen LogP contribution is -2.44. The third kappa shape index (κ3) is 3.91. The Balaban J connectivity index is 1.81. The molecule has 0 aromatic heterocycles. The lowest BCUT2D eigenvalue weighted by Gasteiger charge is -2.29. The van der Waals surface area contributed by atoms with Crippen LogP contribution in [0.2, 0.25) is 0 Å².